The predicted octanol–water partition coefficient (Wildman–Crippen LogP) is 7.07. The molecule has 1 aromatic heterocycles. The van der Waals surface area contributed by atoms with Crippen molar-refractivity contribution in [2.75, 3.05) is 17.2 Å². The molecule has 0 saturated carbocycles. The molecule has 4 rings (SSSR count). The van der Waals surface area contributed by atoms with Crippen molar-refractivity contribution in [1.82, 2.24) is 4.98 Å². The molecule has 1 unspecified atom stereocenters. The van der Waals surface area contributed by atoms with E-state index in [4.69, 9.17) is 0 Å². The van der Waals surface area contributed by atoms with Crippen LogP contribution in [0.25, 0.3) is 10.2 Å². The van der Waals surface area contributed by atoms with Crippen molar-refractivity contribution in [2.24, 2.45) is 5.92 Å². The van der Waals surface area contributed by atoms with Crippen molar-refractivity contribution in [1.29, 1.82) is 0 Å². The number of benzene rings is 3. The zero-order valence-corrected chi connectivity index (χ0v) is 22.3. The molecule has 0 aliphatic rings. The summed E-state index contributed by atoms with van der Waals surface area (Å²) in [5.41, 5.74) is 7.81. The number of rotatable bonds is 9. The molecule has 2 N–H and O–H groups in total. The number of carbonyl (C=O) groups is 2. The van der Waals surface area contributed by atoms with Gasteiger partial charge in [0.15, 0.2) is 5.13 Å². The molecule has 1 atom stereocenters. The molecular weight excluding hydrogens is 466 g/mol. The molecule has 36 heavy (non-hydrogen) atoms. The number of aldehydes is 1. The Kier molecular flexibility index (Phi) is 7.85. The average molecular weight is 500 g/mol. The number of nitrogens with zero attached hydrogens (tertiary/aromatic N) is 1. The molecule has 0 spiro atoms. The van der Waals surface area contributed by atoms with Crippen molar-refractivity contribution in [3.05, 3.63) is 88.0 Å². The van der Waals surface area contributed by atoms with Gasteiger partial charge in [0.05, 0.1) is 16.1 Å². The minimum absolute atomic E-state index is 0.142. The SMILES string of the molecule is Cc1cc(C)c(NC(=O)c2ccc3nc(NCC(C=O)c4ccc(CC(C)C)cc4)sc3c2)c(C)c1. The highest BCUT2D eigenvalue weighted by Gasteiger charge is 2.15. The number of aromatic nitrogens is 1. The summed E-state index contributed by atoms with van der Waals surface area (Å²) in [6.07, 6.45) is 2.01. The fourth-order valence-electron chi connectivity index (χ4n) is 4.52. The fourth-order valence-corrected chi connectivity index (χ4v) is 5.43. The predicted molar refractivity (Wildman–Crippen MR) is 151 cm³/mol. The van der Waals surface area contributed by atoms with Crippen LogP contribution in [0.5, 0.6) is 0 Å². The van der Waals surface area contributed by atoms with Crippen LogP contribution in [-0.2, 0) is 11.2 Å². The van der Waals surface area contributed by atoms with Crippen LogP contribution in [0.4, 0.5) is 10.8 Å². The van der Waals surface area contributed by atoms with Crippen LogP contribution in [0.2, 0.25) is 0 Å². The number of thiazole rings is 1. The van der Waals surface area contributed by atoms with E-state index in [0.717, 1.165) is 50.4 Å². The summed E-state index contributed by atoms with van der Waals surface area (Å²) in [4.78, 5) is 29.4. The topological polar surface area (TPSA) is 71.1 Å². The lowest BCUT2D eigenvalue weighted by molar-refractivity contribution is -0.108. The van der Waals surface area contributed by atoms with E-state index in [1.165, 1.54) is 22.5 Å². The second kappa shape index (κ2) is 11.0. The number of amides is 1. The third-order valence-corrected chi connectivity index (χ3v) is 7.23. The average Bonchev–Trinajstić information content (AvgIpc) is 3.24. The number of carbonyl (C=O) groups excluding carboxylic acids is 2. The maximum atomic E-state index is 13.0. The Balaban J connectivity index is 1.44. The first-order chi connectivity index (χ1) is 17.2. The monoisotopic (exact) mass is 499 g/mol. The molecule has 0 bridgehead atoms. The highest BCUT2D eigenvalue weighted by Crippen LogP contribution is 2.29. The van der Waals surface area contributed by atoms with Gasteiger partial charge in [-0.15, -0.1) is 0 Å². The Labute approximate surface area is 217 Å². The molecule has 0 saturated heterocycles. The summed E-state index contributed by atoms with van der Waals surface area (Å²) >= 11 is 1.48. The van der Waals surface area contributed by atoms with Gasteiger partial charge in [0.25, 0.3) is 5.91 Å². The van der Waals surface area contributed by atoms with E-state index >= 15 is 0 Å². The van der Waals surface area contributed by atoms with Crippen molar-refractivity contribution in [3.8, 4) is 0 Å². The zero-order valence-electron chi connectivity index (χ0n) is 21.5. The van der Waals surface area contributed by atoms with Gasteiger partial charge >= 0.3 is 0 Å². The number of aryl methyl sites for hydroxylation is 3. The summed E-state index contributed by atoms with van der Waals surface area (Å²) < 4.78 is 0.920. The van der Waals surface area contributed by atoms with Gasteiger partial charge in [-0.2, -0.15) is 0 Å². The zero-order chi connectivity index (χ0) is 25.8. The Hall–Kier alpha value is -3.51. The Bertz CT molecular complexity index is 1370. The normalized spacial score (nSPS) is 12.1. The summed E-state index contributed by atoms with van der Waals surface area (Å²) in [5, 5.41) is 7.11. The van der Waals surface area contributed by atoms with E-state index in [0.29, 0.717) is 18.0 Å². The molecular formula is C30H33N3O2S. The van der Waals surface area contributed by atoms with E-state index < -0.39 is 0 Å². The third-order valence-electron chi connectivity index (χ3n) is 6.26. The summed E-state index contributed by atoms with van der Waals surface area (Å²) in [6, 6.07) is 18.0. The van der Waals surface area contributed by atoms with Gasteiger partial charge in [0.1, 0.15) is 6.29 Å². The van der Waals surface area contributed by atoms with Crippen LogP contribution in [0.15, 0.2) is 54.6 Å². The Morgan fingerprint density at radius 1 is 1.00 bits per heavy atom. The van der Waals surface area contributed by atoms with Crippen molar-refractivity contribution in [2.45, 2.75) is 47.0 Å². The number of nitrogens with one attached hydrogen (secondary N) is 2. The molecule has 4 aromatic rings. The Morgan fingerprint density at radius 3 is 2.33 bits per heavy atom. The molecule has 6 heteroatoms. The standard InChI is InChI=1S/C30H33N3O2S/c1-18(2)12-22-6-8-23(9-7-22)25(17-34)16-31-30-32-26-11-10-24(15-27(26)36-30)29(35)33-28-20(4)13-19(3)14-21(28)5/h6-11,13-15,17-18,25H,12,16H2,1-5H3,(H,31,32)(H,33,35). The number of fused-ring (bicyclic) bond motifs is 1. The minimum atomic E-state index is -0.257. The van der Waals surface area contributed by atoms with E-state index in [1.54, 1.807) is 6.07 Å². The highest BCUT2D eigenvalue weighted by molar-refractivity contribution is 7.22. The van der Waals surface area contributed by atoms with Crippen molar-refractivity contribution >= 4 is 44.6 Å². The number of hydrogen-bond donors (Lipinski definition) is 2. The highest BCUT2D eigenvalue weighted by atomic mass is 32.1. The van der Waals surface area contributed by atoms with Gasteiger partial charge < -0.3 is 15.4 Å². The van der Waals surface area contributed by atoms with Gasteiger partial charge in [-0.05, 0) is 73.6 Å². The molecule has 0 radical (unpaired) electrons. The van der Waals surface area contributed by atoms with Crippen molar-refractivity contribution < 1.29 is 9.59 Å². The lowest BCUT2D eigenvalue weighted by Crippen LogP contribution is -2.14. The molecule has 0 aliphatic heterocycles. The van der Waals surface area contributed by atoms with Gasteiger partial charge in [0.2, 0.25) is 0 Å². The van der Waals surface area contributed by atoms with Gasteiger partial charge in [-0.25, -0.2) is 4.98 Å². The maximum Gasteiger partial charge on any atom is 0.255 e. The lowest BCUT2D eigenvalue weighted by atomic mass is 9.96. The second-order valence-electron chi connectivity index (χ2n) is 9.89. The second-order valence-corrected chi connectivity index (χ2v) is 10.9. The quantitative estimate of drug-likeness (QED) is 0.242. The largest absolute Gasteiger partial charge is 0.360 e. The van der Waals surface area contributed by atoms with Crippen LogP contribution >= 0.6 is 11.3 Å². The third kappa shape index (κ3) is 6.00. The van der Waals surface area contributed by atoms with Crippen LogP contribution in [-0.4, -0.2) is 23.7 Å². The van der Waals surface area contributed by atoms with E-state index in [9.17, 15) is 9.59 Å². The molecule has 0 fully saturated rings. The molecule has 5 nitrogen and oxygen atoms in total. The lowest BCUT2D eigenvalue weighted by Gasteiger charge is -2.13. The number of anilines is 2. The van der Waals surface area contributed by atoms with Crippen molar-refractivity contribution in [3.63, 3.8) is 0 Å². The van der Waals surface area contributed by atoms with Gasteiger partial charge in [-0.1, -0.05) is 67.1 Å². The number of hydrogen-bond acceptors (Lipinski definition) is 5. The minimum Gasteiger partial charge on any atom is -0.360 e. The smallest absolute Gasteiger partial charge is 0.255 e. The van der Waals surface area contributed by atoms with Gasteiger partial charge in [0, 0.05) is 17.8 Å². The van der Waals surface area contributed by atoms with Crippen LogP contribution in [0, 0.1) is 26.7 Å². The van der Waals surface area contributed by atoms with E-state index in [2.05, 4.69) is 60.7 Å². The van der Waals surface area contributed by atoms with E-state index in [-0.39, 0.29) is 11.8 Å². The first-order valence-electron chi connectivity index (χ1n) is 12.3. The maximum absolute atomic E-state index is 13.0. The van der Waals surface area contributed by atoms with Crippen LogP contribution in [0.3, 0.4) is 0 Å². The summed E-state index contributed by atoms with van der Waals surface area (Å²) in [7, 11) is 0. The van der Waals surface area contributed by atoms with E-state index in [1.807, 2.05) is 38.1 Å². The molecule has 1 amide bonds. The summed E-state index contributed by atoms with van der Waals surface area (Å²) in [5.74, 6) is 0.199. The van der Waals surface area contributed by atoms with Gasteiger partial charge in [-0.3, -0.25) is 4.79 Å². The fraction of sp³-hybridized carbons (Fsp3) is 0.300. The molecule has 186 valence electrons. The molecule has 3 aromatic carbocycles. The summed E-state index contributed by atoms with van der Waals surface area (Å²) in [6.45, 7) is 10.9. The molecule has 0 aliphatic carbocycles. The Morgan fingerprint density at radius 2 is 1.69 bits per heavy atom. The first-order valence-corrected chi connectivity index (χ1v) is 13.1. The first kappa shape index (κ1) is 25.6. The molecule has 1 heterocycles. The van der Waals surface area contributed by atoms with Crippen LogP contribution < -0.4 is 10.6 Å². The van der Waals surface area contributed by atoms with Crippen LogP contribution in [0.1, 0.15) is 57.9 Å².